The quantitative estimate of drug-likeness (QED) is 0.829. The lowest BCUT2D eigenvalue weighted by molar-refractivity contribution is -0.118. The van der Waals surface area contributed by atoms with Crippen molar-refractivity contribution in [1.29, 1.82) is 0 Å². The summed E-state index contributed by atoms with van der Waals surface area (Å²) in [6.45, 7) is 6.90. The van der Waals surface area contributed by atoms with Crippen molar-refractivity contribution < 1.29 is 19.1 Å². The predicted octanol–water partition coefficient (Wildman–Crippen LogP) is 3.55. The Bertz CT molecular complexity index is 863. The van der Waals surface area contributed by atoms with Crippen LogP contribution < -0.4 is 20.1 Å². The van der Waals surface area contributed by atoms with Crippen molar-refractivity contribution in [3.05, 3.63) is 53.6 Å². The molecule has 0 aromatic heterocycles. The summed E-state index contributed by atoms with van der Waals surface area (Å²) in [6.07, 6.45) is 0.816. The van der Waals surface area contributed by atoms with Crippen molar-refractivity contribution in [2.45, 2.75) is 33.2 Å². The normalized spacial score (nSPS) is 14.1. The standard InChI is InChI=1S/C22H26N2O4/c1-14(2)20(24-21(25)16-7-4-6-15(3)12-16)22(26)23-17-8-9-18-19(13-17)28-11-5-10-27-18/h4,6-9,12-14,20H,5,10-11H2,1-3H3,(H,23,26)(H,24,25). The summed E-state index contributed by atoms with van der Waals surface area (Å²) >= 11 is 0. The summed E-state index contributed by atoms with van der Waals surface area (Å²) in [4.78, 5) is 25.4. The van der Waals surface area contributed by atoms with Crippen LogP contribution in [0.4, 0.5) is 5.69 Å². The van der Waals surface area contributed by atoms with E-state index in [2.05, 4.69) is 10.6 Å². The first-order valence-corrected chi connectivity index (χ1v) is 9.52. The molecule has 6 heteroatoms. The molecule has 1 aliphatic rings. The minimum atomic E-state index is -0.663. The van der Waals surface area contributed by atoms with Gasteiger partial charge >= 0.3 is 0 Å². The zero-order chi connectivity index (χ0) is 20.1. The highest BCUT2D eigenvalue weighted by molar-refractivity contribution is 6.01. The van der Waals surface area contributed by atoms with Gasteiger partial charge in [0.1, 0.15) is 6.04 Å². The van der Waals surface area contributed by atoms with E-state index in [-0.39, 0.29) is 17.7 Å². The molecule has 2 N–H and O–H groups in total. The molecule has 1 heterocycles. The number of hydrogen-bond donors (Lipinski definition) is 2. The summed E-state index contributed by atoms with van der Waals surface area (Å²) in [7, 11) is 0. The maximum absolute atomic E-state index is 12.8. The Morgan fingerprint density at radius 1 is 1.00 bits per heavy atom. The Hall–Kier alpha value is -3.02. The molecule has 1 unspecified atom stereocenters. The van der Waals surface area contributed by atoms with Crippen LogP contribution in [0.25, 0.3) is 0 Å². The van der Waals surface area contributed by atoms with Crippen LogP contribution in [-0.4, -0.2) is 31.1 Å². The second-order valence-electron chi connectivity index (χ2n) is 7.27. The first kappa shape index (κ1) is 19.7. The second-order valence-corrected chi connectivity index (χ2v) is 7.27. The van der Waals surface area contributed by atoms with E-state index >= 15 is 0 Å². The lowest BCUT2D eigenvalue weighted by atomic mass is 10.0. The van der Waals surface area contributed by atoms with Crippen molar-refractivity contribution >= 4 is 17.5 Å². The minimum absolute atomic E-state index is 0.0748. The van der Waals surface area contributed by atoms with E-state index in [1.165, 1.54) is 0 Å². The summed E-state index contributed by atoms with van der Waals surface area (Å²) < 4.78 is 11.3. The van der Waals surface area contributed by atoms with E-state index in [0.29, 0.717) is 36.0 Å². The molecule has 6 nitrogen and oxygen atoms in total. The number of carbonyl (C=O) groups excluding carboxylic acids is 2. The van der Waals surface area contributed by atoms with Gasteiger partial charge in [-0.25, -0.2) is 0 Å². The lowest BCUT2D eigenvalue weighted by Gasteiger charge is -2.22. The van der Waals surface area contributed by atoms with Gasteiger partial charge in [-0.1, -0.05) is 31.5 Å². The van der Waals surface area contributed by atoms with Gasteiger partial charge in [0.2, 0.25) is 5.91 Å². The molecule has 0 fully saturated rings. The Kier molecular flexibility index (Phi) is 6.19. The molecule has 3 rings (SSSR count). The summed E-state index contributed by atoms with van der Waals surface area (Å²) in [5.41, 5.74) is 2.13. The van der Waals surface area contributed by atoms with Crippen LogP contribution in [0, 0.1) is 12.8 Å². The highest BCUT2D eigenvalue weighted by Crippen LogP contribution is 2.32. The van der Waals surface area contributed by atoms with Gasteiger partial charge in [0.25, 0.3) is 5.91 Å². The molecule has 1 atom stereocenters. The van der Waals surface area contributed by atoms with Gasteiger partial charge in [0.05, 0.1) is 13.2 Å². The van der Waals surface area contributed by atoms with Crippen LogP contribution in [0.15, 0.2) is 42.5 Å². The molecule has 148 valence electrons. The fourth-order valence-corrected chi connectivity index (χ4v) is 3.01. The SMILES string of the molecule is Cc1cccc(C(=O)NC(C(=O)Nc2ccc3c(c2)OCCCO3)C(C)C)c1. The topological polar surface area (TPSA) is 76.7 Å². The zero-order valence-electron chi connectivity index (χ0n) is 16.5. The van der Waals surface area contributed by atoms with Crippen molar-refractivity contribution in [2.75, 3.05) is 18.5 Å². The predicted molar refractivity (Wildman–Crippen MR) is 108 cm³/mol. The number of fused-ring (bicyclic) bond motifs is 1. The van der Waals surface area contributed by atoms with Crippen LogP contribution in [0.1, 0.15) is 36.2 Å². The van der Waals surface area contributed by atoms with Gasteiger partial charge in [-0.2, -0.15) is 0 Å². The van der Waals surface area contributed by atoms with Gasteiger partial charge in [-0.05, 0) is 37.1 Å². The van der Waals surface area contributed by atoms with E-state index in [1.807, 2.05) is 32.9 Å². The molecule has 2 aromatic rings. The average Bonchev–Trinajstić information content (AvgIpc) is 2.90. The van der Waals surface area contributed by atoms with E-state index < -0.39 is 6.04 Å². The highest BCUT2D eigenvalue weighted by atomic mass is 16.5. The average molecular weight is 382 g/mol. The molecule has 0 saturated carbocycles. The number of carbonyl (C=O) groups is 2. The Labute approximate surface area is 165 Å². The maximum atomic E-state index is 12.8. The number of benzene rings is 2. The molecule has 1 aliphatic heterocycles. The third kappa shape index (κ3) is 4.82. The molecule has 0 radical (unpaired) electrons. The van der Waals surface area contributed by atoms with Gasteiger partial charge in [-0.3, -0.25) is 9.59 Å². The second kappa shape index (κ2) is 8.78. The molecule has 0 saturated heterocycles. The van der Waals surface area contributed by atoms with Crippen molar-refractivity contribution in [3.63, 3.8) is 0 Å². The Balaban J connectivity index is 1.71. The third-order valence-corrected chi connectivity index (χ3v) is 4.53. The molecule has 0 bridgehead atoms. The number of nitrogens with one attached hydrogen (secondary N) is 2. The number of aryl methyl sites for hydroxylation is 1. The Morgan fingerprint density at radius 2 is 1.75 bits per heavy atom. The van der Waals surface area contributed by atoms with Gasteiger partial charge < -0.3 is 20.1 Å². The summed E-state index contributed by atoms with van der Waals surface area (Å²) in [5, 5.41) is 5.72. The molecule has 0 aliphatic carbocycles. The van der Waals surface area contributed by atoms with Crippen LogP contribution in [0.2, 0.25) is 0 Å². The number of hydrogen-bond acceptors (Lipinski definition) is 4. The van der Waals surface area contributed by atoms with Crippen molar-refractivity contribution in [2.24, 2.45) is 5.92 Å². The van der Waals surface area contributed by atoms with E-state index in [4.69, 9.17) is 9.47 Å². The first-order chi connectivity index (χ1) is 13.4. The Morgan fingerprint density at radius 3 is 2.46 bits per heavy atom. The molecule has 28 heavy (non-hydrogen) atoms. The third-order valence-electron chi connectivity index (χ3n) is 4.53. The van der Waals surface area contributed by atoms with E-state index in [0.717, 1.165) is 12.0 Å². The first-order valence-electron chi connectivity index (χ1n) is 9.52. The van der Waals surface area contributed by atoms with Crippen LogP contribution >= 0.6 is 0 Å². The number of amides is 2. The number of rotatable bonds is 5. The molecular formula is C22H26N2O4. The highest BCUT2D eigenvalue weighted by Gasteiger charge is 2.25. The molecule has 0 spiro atoms. The minimum Gasteiger partial charge on any atom is -0.490 e. The van der Waals surface area contributed by atoms with Crippen LogP contribution in [-0.2, 0) is 4.79 Å². The van der Waals surface area contributed by atoms with Gasteiger partial charge in [0, 0.05) is 23.7 Å². The maximum Gasteiger partial charge on any atom is 0.251 e. The monoisotopic (exact) mass is 382 g/mol. The van der Waals surface area contributed by atoms with Gasteiger partial charge in [0.15, 0.2) is 11.5 Å². The smallest absolute Gasteiger partial charge is 0.251 e. The van der Waals surface area contributed by atoms with Gasteiger partial charge in [-0.15, -0.1) is 0 Å². The van der Waals surface area contributed by atoms with Crippen LogP contribution in [0.3, 0.4) is 0 Å². The number of ether oxygens (including phenoxy) is 2. The largest absolute Gasteiger partial charge is 0.490 e. The van der Waals surface area contributed by atoms with E-state index in [9.17, 15) is 9.59 Å². The fourth-order valence-electron chi connectivity index (χ4n) is 3.01. The summed E-state index contributed by atoms with van der Waals surface area (Å²) in [5.74, 6) is 0.666. The van der Waals surface area contributed by atoms with Crippen molar-refractivity contribution in [1.82, 2.24) is 5.32 Å². The molecule has 2 amide bonds. The fraction of sp³-hybridized carbons (Fsp3) is 0.364. The van der Waals surface area contributed by atoms with E-state index in [1.54, 1.807) is 30.3 Å². The molecular weight excluding hydrogens is 356 g/mol. The van der Waals surface area contributed by atoms with Crippen molar-refractivity contribution in [3.8, 4) is 11.5 Å². The van der Waals surface area contributed by atoms with Crippen LogP contribution in [0.5, 0.6) is 11.5 Å². The lowest BCUT2D eigenvalue weighted by Crippen LogP contribution is -2.47. The molecule has 2 aromatic carbocycles. The summed E-state index contributed by atoms with van der Waals surface area (Å²) in [6, 6.07) is 11.9. The number of anilines is 1. The zero-order valence-corrected chi connectivity index (χ0v) is 16.5.